The Morgan fingerprint density at radius 2 is 1.67 bits per heavy atom. The fourth-order valence-corrected chi connectivity index (χ4v) is 1.43. The van der Waals surface area contributed by atoms with E-state index in [0.29, 0.717) is 0 Å². The van der Waals surface area contributed by atoms with Crippen molar-refractivity contribution in [2.75, 3.05) is 0 Å². The molecule has 3 heteroatoms. The maximum absolute atomic E-state index is 5.39. The summed E-state index contributed by atoms with van der Waals surface area (Å²) in [6.45, 7) is 3.57. The second-order valence-electron chi connectivity index (χ2n) is 2.83. The Bertz CT molecular complexity index is 412. The molecule has 0 saturated heterocycles. The van der Waals surface area contributed by atoms with Crippen molar-refractivity contribution in [1.82, 2.24) is 0 Å². The van der Waals surface area contributed by atoms with Gasteiger partial charge in [-0.1, -0.05) is 36.4 Å². The molecule has 0 aliphatic carbocycles. The van der Waals surface area contributed by atoms with Gasteiger partial charge in [0.15, 0.2) is 0 Å². The second kappa shape index (κ2) is 7.09. The number of hydrogen-bond donors (Lipinski definition) is 0. The van der Waals surface area contributed by atoms with Gasteiger partial charge in [0.1, 0.15) is 0 Å². The monoisotopic (exact) mass is 274 g/mol. The van der Waals surface area contributed by atoms with Crippen LogP contribution in [0.3, 0.4) is 0 Å². The molecule has 15 heavy (non-hydrogen) atoms. The van der Waals surface area contributed by atoms with Crippen molar-refractivity contribution in [3.05, 3.63) is 49.1 Å². The molecule has 0 fully saturated rings. The van der Waals surface area contributed by atoms with Gasteiger partial charge in [0.2, 0.25) is 0 Å². The number of hydrogen-bond acceptors (Lipinski definition) is 1. The molecule has 0 bridgehead atoms. The van der Waals surface area contributed by atoms with Gasteiger partial charge in [-0.15, -0.1) is 0 Å². The van der Waals surface area contributed by atoms with E-state index in [2.05, 4.69) is 18.2 Å². The minimum absolute atomic E-state index is 0. The molecule has 0 N–H and O–H groups in total. The van der Waals surface area contributed by atoms with Gasteiger partial charge in [-0.05, 0) is 11.5 Å². The fraction of sp³-hybridized carbons (Fsp3) is 0.0833. The van der Waals surface area contributed by atoms with E-state index in [-0.39, 0.29) is 40.0 Å². The molecule has 2 aromatic carbocycles. The summed E-state index contributed by atoms with van der Waals surface area (Å²) in [5, 5.41) is 2.37. The van der Waals surface area contributed by atoms with Crippen molar-refractivity contribution in [3.63, 3.8) is 0 Å². The molecule has 2 aromatic rings. The zero-order valence-corrected chi connectivity index (χ0v) is 11.6. The van der Waals surface area contributed by atoms with Gasteiger partial charge in [0, 0.05) is 5.39 Å². The van der Waals surface area contributed by atoms with Gasteiger partial charge in [-0.25, -0.2) is 0 Å². The predicted octanol–water partition coefficient (Wildman–Crippen LogP) is 0.0235. The van der Waals surface area contributed by atoms with E-state index in [1.165, 1.54) is 5.39 Å². The van der Waals surface area contributed by atoms with Crippen LogP contribution in [0.4, 0.5) is 0 Å². The first-order valence-corrected chi connectivity index (χ1v) is 4.34. The van der Waals surface area contributed by atoms with Crippen molar-refractivity contribution in [2.24, 2.45) is 0 Å². The van der Waals surface area contributed by atoms with Gasteiger partial charge < -0.3 is 21.7 Å². The number of ether oxygens (including phenoxy) is 1. The average molecular weight is 275 g/mol. The maximum Gasteiger partial charge on any atom is 2.00 e. The first kappa shape index (κ1) is 14.7. The van der Waals surface area contributed by atoms with E-state index >= 15 is 0 Å². The Balaban J connectivity index is 0.000000980. The Hall–Kier alpha value is -0.254. The molecule has 0 aliphatic rings. The Kier molecular flexibility index (Phi) is 6.97. The molecule has 0 saturated carbocycles. The second-order valence-corrected chi connectivity index (χ2v) is 2.83. The van der Waals surface area contributed by atoms with E-state index in [9.17, 15) is 0 Å². The maximum atomic E-state index is 5.39. The zero-order valence-electron chi connectivity index (χ0n) is 8.61. The molecule has 1 nitrogen and oxygen atoms in total. The molecule has 0 spiro atoms. The molecule has 0 aliphatic heterocycles. The summed E-state index contributed by atoms with van der Waals surface area (Å²) in [5.74, 6) is 0.917. The summed E-state index contributed by atoms with van der Waals surface area (Å²) in [6.07, 6.45) is 0. The minimum Gasteiger partial charge on any atom is -1.00 e. The third kappa shape index (κ3) is 3.36. The van der Waals surface area contributed by atoms with Crippen LogP contribution in [0.25, 0.3) is 10.8 Å². The van der Waals surface area contributed by atoms with E-state index < -0.39 is 0 Å². The Morgan fingerprint density at radius 1 is 1.00 bits per heavy atom. The first-order valence-electron chi connectivity index (χ1n) is 4.34. The Morgan fingerprint density at radius 3 is 2.40 bits per heavy atom. The van der Waals surface area contributed by atoms with Crippen LogP contribution in [0.2, 0.25) is 0 Å². The van der Waals surface area contributed by atoms with Gasteiger partial charge in [0.25, 0.3) is 0 Å². The molecule has 0 atom stereocenters. The van der Waals surface area contributed by atoms with Crippen molar-refractivity contribution < 1.29 is 21.7 Å². The smallest absolute Gasteiger partial charge is 1.00 e. The summed E-state index contributed by atoms with van der Waals surface area (Å²) < 4.78 is 5.39. The first-order chi connectivity index (χ1) is 6.42. The van der Waals surface area contributed by atoms with Crippen LogP contribution in [0.15, 0.2) is 42.5 Å². The van der Waals surface area contributed by atoms with Crippen LogP contribution in [-0.4, -0.2) is 23.1 Å². The third-order valence-electron chi connectivity index (χ3n) is 1.99. The summed E-state index contributed by atoms with van der Waals surface area (Å²) in [5.41, 5.74) is 0. The van der Waals surface area contributed by atoms with E-state index in [4.69, 9.17) is 4.74 Å². The predicted molar refractivity (Wildman–Crippen MR) is 60.3 cm³/mol. The molecule has 0 unspecified atom stereocenters. The van der Waals surface area contributed by atoms with Crippen LogP contribution in [0.5, 0.6) is 5.75 Å². The molecular formula is C12H11BrMgO. The van der Waals surface area contributed by atoms with Gasteiger partial charge in [-0.3, -0.25) is 0 Å². The summed E-state index contributed by atoms with van der Waals surface area (Å²) in [7, 11) is 0. The van der Waals surface area contributed by atoms with Gasteiger partial charge in [0.05, 0.1) is 5.75 Å². The molecule has 2 rings (SSSR count). The standard InChI is InChI=1S/C12H11O.BrH.Mg/c1-2-13-12-9-5-7-10-6-3-4-8-11(10)12;;/h2-9H,1H3;1H;/q-1;;+2/p-1. The number of fused-ring (bicyclic) bond motifs is 1. The minimum atomic E-state index is 0. The van der Waals surface area contributed by atoms with Crippen molar-refractivity contribution >= 4 is 33.8 Å². The number of benzene rings is 2. The molecule has 0 radical (unpaired) electrons. The van der Waals surface area contributed by atoms with Crippen molar-refractivity contribution in [1.29, 1.82) is 0 Å². The van der Waals surface area contributed by atoms with Crippen LogP contribution in [0, 0.1) is 6.61 Å². The zero-order chi connectivity index (χ0) is 9.10. The number of halogens is 1. The van der Waals surface area contributed by atoms with E-state index in [1.54, 1.807) is 6.61 Å². The summed E-state index contributed by atoms with van der Waals surface area (Å²) in [4.78, 5) is 0. The quantitative estimate of drug-likeness (QED) is 0.555. The van der Waals surface area contributed by atoms with Crippen LogP contribution in [-0.2, 0) is 0 Å². The topological polar surface area (TPSA) is 9.23 Å². The van der Waals surface area contributed by atoms with Crippen molar-refractivity contribution in [2.45, 2.75) is 6.92 Å². The average Bonchev–Trinajstić information content (AvgIpc) is 2.19. The van der Waals surface area contributed by atoms with Crippen LogP contribution in [0.1, 0.15) is 6.92 Å². The summed E-state index contributed by atoms with van der Waals surface area (Å²) in [6, 6.07) is 14.2. The number of rotatable bonds is 2. The van der Waals surface area contributed by atoms with Gasteiger partial charge in [-0.2, -0.15) is 13.5 Å². The normalized spacial score (nSPS) is 8.87. The van der Waals surface area contributed by atoms with E-state index in [0.717, 1.165) is 11.1 Å². The largest absolute Gasteiger partial charge is 2.00 e. The van der Waals surface area contributed by atoms with Gasteiger partial charge >= 0.3 is 23.1 Å². The Labute approximate surface area is 117 Å². The van der Waals surface area contributed by atoms with E-state index in [1.807, 2.05) is 31.2 Å². The SMILES string of the molecule is C[CH-]Oc1cccc2ccccc12.[Br-].[Mg+2]. The molecule has 0 heterocycles. The molecular weight excluding hydrogens is 264 g/mol. The van der Waals surface area contributed by atoms with Crippen LogP contribution < -0.4 is 21.7 Å². The summed E-state index contributed by atoms with van der Waals surface area (Å²) >= 11 is 0. The molecule has 0 amide bonds. The molecule has 0 aromatic heterocycles. The van der Waals surface area contributed by atoms with Crippen LogP contribution >= 0.6 is 0 Å². The third-order valence-corrected chi connectivity index (χ3v) is 1.99. The molecule has 74 valence electrons. The fourth-order valence-electron chi connectivity index (χ4n) is 1.43. The van der Waals surface area contributed by atoms with Crippen molar-refractivity contribution in [3.8, 4) is 5.75 Å².